The fourth-order valence-electron chi connectivity index (χ4n) is 1.84. The lowest BCUT2D eigenvalue weighted by Crippen LogP contribution is -2.27. The molecule has 0 aliphatic rings. The summed E-state index contributed by atoms with van der Waals surface area (Å²) in [6.45, 7) is 9.23. The van der Waals surface area contributed by atoms with Gasteiger partial charge in [-0.2, -0.15) is 0 Å². The third-order valence-corrected chi connectivity index (χ3v) is 3.12. The van der Waals surface area contributed by atoms with E-state index in [-0.39, 0.29) is 5.91 Å². The molecule has 0 aliphatic carbocycles. The predicted octanol–water partition coefficient (Wildman–Crippen LogP) is 2.73. The molecule has 2 N–H and O–H groups in total. The Balaban J connectivity index is 2.20. The molecule has 0 heterocycles. The van der Waals surface area contributed by atoms with Crippen LogP contribution in [0.3, 0.4) is 0 Å². The van der Waals surface area contributed by atoms with Crippen LogP contribution in [0.25, 0.3) is 0 Å². The molecule has 0 spiro atoms. The first-order chi connectivity index (χ1) is 10.1. The van der Waals surface area contributed by atoms with E-state index in [2.05, 4.69) is 36.6 Å². The number of nitrogens with one attached hydrogen (secondary N) is 2. The van der Waals surface area contributed by atoms with Crippen LogP contribution in [0.4, 0.5) is 0 Å². The van der Waals surface area contributed by atoms with Gasteiger partial charge in [0.05, 0.1) is 6.61 Å². The maximum absolute atomic E-state index is 11.3. The summed E-state index contributed by atoms with van der Waals surface area (Å²) in [6, 6.07) is 8.12. The van der Waals surface area contributed by atoms with E-state index >= 15 is 0 Å². The van der Waals surface area contributed by atoms with Crippen molar-refractivity contribution in [3.63, 3.8) is 0 Å². The van der Waals surface area contributed by atoms with Gasteiger partial charge in [-0.15, -0.1) is 0 Å². The molecule has 0 saturated heterocycles. The number of hydrogen-bond donors (Lipinski definition) is 2. The SMILES string of the molecule is CCNC(=O)CCNCc1ccc(OCCC(C)C)cc1. The zero-order chi connectivity index (χ0) is 15.5. The molecule has 0 atom stereocenters. The first-order valence-corrected chi connectivity index (χ1v) is 7.81. The summed E-state index contributed by atoms with van der Waals surface area (Å²) < 4.78 is 5.68. The van der Waals surface area contributed by atoms with Crippen LogP contribution in [0.15, 0.2) is 24.3 Å². The summed E-state index contributed by atoms with van der Waals surface area (Å²) >= 11 is 0. The minimum absolute atomic E-state index is 0.0962. The second-order valence-electron chi connectivity index (χ2n) is 5.56. The summed E-state index contributed by atoms with van der Waals surface area (Å²) in [5.74, 6) is 1.68. The molecule has 4 heteroatoms. The molecular formula is C17H28N2O2. The highest BCUT2D eigenvalue weighted by Gasteiger charge is 2.00. The fraction of sp³-hybridized carbons (Fsp3) is 0.588. The van der Waals surface area contributed by atoms with E-state index in [9.17, 15) is 4.79 Å². The lowest BCUT2D eigenvalue weighted by Gasteiger charge is -2.09. The molecule has 0 bridgehead atoms. The summed E-state index contributed by atoms with van der Waals surface area (Å²) in [7, 11) is 0. The minimum Gasteiger partial charge on any atom is -0.494 e. The van der Waals surface area contributed by atoms with Crippen LogP contribution in [0.5, 0.6) is 5.75 Å². The van der Waals surface area contributed by atoms with Crippen LogP contribution in [-0.4, -0.2) is 25.6 Å². The van der Waals surface area contributed by atoms with Crippen molar-refractivity contribution in [3.05, 3.63) is 29.8 Å². The topological polar surface area (TPSA) is 50.4 Å². The van der Waals surface area contributed by atoms with Gasteiger partial charge in [0.25, 0.3) is 0 Å². The molecule has 1 amide bonds. The number of carbonyl (C=O) groups is 1. The maximum atomic E-state index is 11.3. The van der Waals surface area contributed by atoms with Gasteiger partial charge in [-0.25, -0.2) is 0 Å². The van der Waals surface area contributed by atoms with E-state index in [1.165, 1.54) is 5.56 Å². The molecule has 0 aromatic heterocycles. The van der Waals surface area contributed by atoms with Gasteiger partial charge < -0.3 is 15.4 Å². The molecule has 118 valence electrons. The normalized spacial score (nSPS) is 10.7. The Hall–Kier alpha value is -1.55. The molecule has 1 rings (SSSR count). The van der Waals surface area contributed by atoms with Crippen LogP contribution in [0.1, 0.15) is 39.2 Å². The van der Waals surface area contributed by atoms with Crippen LogP contribution in [-0.2, 0) is 11.3 Å². The maximum Gasteiger partial charge on any atom is 0.221 e. The highest BCUT2D eigenvalue weighted by Crippen LogP contribution is 2.13. The smallest absolute Gasteiger partial charge is 0.221 e. The van der Waals surface area contributed by atoms with Crippen molar-refractivity contribution in [1.82, 2.24) is 10.6 Å². The van der Waals surface area contributed by atoms with Gasteiger partial charge in [-0.1, -0.05) is 26.0 Å². The molecule has 0 fully saturated rings. The van der Waals surface area contributed by atoms with Gasteiger partial charge >= 0.3 is 0 Å². The number of ether oxygens (including phenoxy) is 1. The van der Waals surface area contributed by atoms with Crippen molar-refractivity contribution < 1.29 is 9.53 Å². The van der Waals surface area contributed by atoms with Crippen molar-refractivity contribution >= 4 is 5.91 Å². The van der Waals surface area contributed by atoms with Gasteiger partial charge in [0.15, 0.2) is 0 Å². The average molecular weight is 292 g/mol. The van der Waals surface area contributed by atoms with E-state index in [4.69, 9.17) is 4.74 Å². The number of amides is 1. The second-order valence-corrected chi connectivity index (χ2v) is 5.56. The Labute approximate surface area is 128 Å². The Bertz CT molecular complexity index is 402. The molecule has 4 nitrogen and oxygen atoms in total. The molecule has 0 saturated carbocycles. The van der Waals surface area contributed by atoms with E-state index in [0.717, 1.165) is 25.3 Å². The van der Waals surface area contributed by atoms with Crippen LogP contribution in [0.2, 0.25) is 0 Å². The van der Waals surface area contributed by atoms with Crippen molar-refractivity contribution in [2.45, 2.75) is 40.2 Å². The number of carbonyl (C=O) groups excluding carboxylic acids is 1. The quantitative estimate of drug-likeness (QED) is 0.652. The number of benzene rings is 1. The second kappa shape index (κ2) is 10.2. The molecule has 21 heavy (non-hydrogen) atoms. The van der Waals surface area contributed by atoms with E-state index in [1.807, 2.05) is 19.1 Å². The number of rotatable bonds is 10. The summed E-state index contributed by atoms with van der Waals surface area (Å²) in [5.41, 5.74) is 1.20. The lowest BCUT2D eigenvalue weighted by molar-refractivity contribution is -0.120. The zero-order valence-electron chi connectivity index (χ0n) is 13.4. The van der Waals surface area contributed by atoms with Gasteiger partial charge in [-0.05, 0) is 37.0 Å². The lowest BCUT2D eigenvalue weighted by atomic mass is 10.1. The molecular weight excluding hydrogens is 264 g/mol. The highest BCUT2D eigenvalue weighted by molar-refractivity contribution is 5.75. The Morgan fingerprint density at radius 3 is 2.57 bits per heavy atom. The molecule has 0 radical (unpaired) electrons. The summed E-state index contributed by atoms with van der Waals surface area (Å²) in [4.78, 5) is 11.3. The Kier molecular flexibility index (Phi) is 8.51. The number of hydrogen-bond acceptors (Lipinski definition) is 3. The minimum atomic E-state index is 0.0962. The van der Waals surface area contributed by atoms with Crippen LogP contribution in [0, 0.1) is 5.92 Å². The van der Waals surface area contributed by atoms with Crippen molar-refractivity contribution in [2.24, 2.45) is 5.92 Å². The Morgan fingerprint density at radius 2 is 1.95 bits per heavy atom. The Morgan fingerprint density at radius 1 is 1.24 bits per heavy atom. The highest BCUT2D eigenvalue weighted by atomic mass is 16.5. The molecule has 1 aromatic carbocycles. The van der Waals surface area contributed by atoms with Gasteiger partial charge in [0, 0.05) is 26.1 Å². The fourth-order valence-corrected chi connectivity index (χ4v) is 1.84. The molecule has 0 unspecified atom stereocenters. The van der Waals surface area contributed by atoms with E-state index < -0.39 is 0 Å². The summed E-state index contributed by atoms with van der Waals surface area (Å²) in [6.07, 6.45) is 1.59. The van der Waals surface area contributed by atoms with Crippen molar-refractivity contribution in [3.8, 4) is 5.75 Å². The molecule has 0 aliphatic heterocycles. The third kappa shape index (κ3) is 8.35. The van der Waals surface area contributed by atoms with Crippen molar-refractivity contribution in [2.75, 3.05) is 19.7 Å². The van der Waals surface area contributed by atoms with Gasteiger partial charge in [-0.3, -0.25) is 4.79 Å². The largest absolute Gasteiger partial charge is 0.494 e. The monoisotopic (exact) mass is 292 g/mol. The van der Waals surface area contributed by atoms with Crippen LogP contribution < -0.4 is 15.4 Å². The van der Waals surface area contributed by atoms with Crippen molar-refractivity contribution in [1.29, 1.82) is 0 Å². The first-order valence-electron chi connectivity index (χ1n) is 7.81. The molecule has 1 aromatic rings. The standard InChI is InChI=1S/C17H28N2O2/c1-4-19-17(20)9-11-18-13-15-5-7-16(8-6-15)21-12-10-14(2)3/h5-8,14,18H,4,9-13H2,1-3H3,(H,19,20). The van der Waals surface area contributed by atoms with E-state index in [1.54, 1.807) is 0 Å². The van der Waals surface area contributed by atoms with Gasteiger partial charge in [0.1, 0.15) is 5.75 Å². The van der Waals surface area contributed by atoms with Gasteiger partial charge in [0.2, 0.25) is 5.91 Å². The summed E-state index contributed by atoms with van der Waals surface area (Å²) in [5, 5.41) is 6.05. The van der Waals surface area contributed by atoms with E-state index in [0.29, 0.717) is 25.4 Å². The third-order valence-electron chi connectivity index (χ3n) is 3.12. The predicted molar refractivity (Wildman–Crippen MR) is 86.4 cm³/mol. The first kappa shape index (κ1) is 17.5. The zero-order valence-corrected chi connectivity index (χ0v) is 13.4. The average Bonchev–Trinajstić information content (AvgIpc) is 2.45. The van der Waals surface area contributed by atoms with Crippen LogP contribution >= 0.6 is 0 Å².